The van der Waals surface area contributed by atoms with Crippen LogP contribution in [0.3, 0.4) is 0 Å². The minimum Gasteiger partial charge on any atom is -0.476 e. The van der Waals surface area contributed by atoms with Crippen molar-refractivity contribution in [3.63, 3.8) is 0 Å². The molecule has 3 aromatic rings. The average molecular weight is 342 g/mol. The number of halogens is 4. The number of nitrogens with zero attached hydrogens (tertiary/aromatic N) is 3. The van der Waals surface area contributed by atoms with Crippen molar-refractivity contribution in [3.05, 3.63) is 52.8 Å². The van der Waals surface area contributed by atoms with Crippen LogP contribution in [0.4, 0.5) is 13.2 Å². The summed E-state index contributed by atoms with van der Waals surface area (Å²) in [4.78, 5) is 15.1. The van der Waals surface area contributed by atoms with E-state index >= 15 is 0 Å². The van der Waals surface area contributed by atoms with Gasteiger partial charge in [-0.05, 0) is 6.07 Å². The second kappa shape index (κ2) is 5.24. The van der Waals surface area contributed by atoms with Crippen LogP contribution in [0.5, 0.6) is 0 Å². The summed E-state index contributed by atoms with van der Waals surface area (Å²) in [6, 6.07) is 8.98. The van der Waals surface area contributed by atoms with E-state index in [1.54, 1.807) is 30.3 Å². The molecule has 0 bridgehead atoms. The standard InChI is InChI=1S/C14H7ClF3N3O2/c15-10-11(13(22)23)20-21-9(14(16,17)18)6-8(19-12(10)21)7-4-2-1-3-5-7/h1-6H,(H,22,23). The number of hydrogen-bond acceptors (Lipinski definition) is 3. The number of aromatic carboxylic acids is 1. The summed E-state index contributed by atoms with van der Waals surface area (Å²) < 4.78 is 40.2. The molecular formula is C14H7ClF3N3O2. The van der Waals surface area contributed by atoms with Crippen LogP contribution in [0.1, 0.15) is 16.2 Å². The number of alkyl halides is 3. The van der Waals surface area contributed by atoms with E-state index in [0.717, 1.165) is 6.07 Å². The lowest BCUT2D eigenvalue weighted by molar-refractivity contribution is -0.142. The highest BCUT2D eigenvalue weighted by atomic mass is 35.5. The summed E-state index contributed by atoms with van der Waals surface area (Å²) in [6.45, 7) is 0. The van der Waals surface area contributed by atoms with Gasteiger partial charge in [0.05, 0.1) is 5.69 Å². The predicted octanol–water partition coefficient (Wildman–Crippen LogP) is 3.77. The first-order chi connectivity index (χ1) is 10.8. The molecular weight excluding hydrogens is 335 g/mol. The molecule has 0 aliphatic heterocycles. The molecule has 0 saturated heterocycles. The Labute approximate surface area is 131 Å². The lowest BCUT2D eigenvalue weighted by Gasteiger charge is -2.11. The molecule has 0 amide bonds. The Balaban J connectivity index is 2.38. The molecule has 0 unspecified atom stereocenters. The summed E-state index contributed by atoms with van der Waals surface area (Å²) in [5.41, 5.74) is -1.75. The highest BCUT2D eigenvalue weighted by molar-refractivity contribution is 6.36. The maximum absolute atomic E-state index is 13.3. The summed E-state index contributed by atoms with van der Waals surface area (Å²) >= 11 is 5.84. The molecule has 0 saturated carbocycles. The maximum atomic E-state index is 13.3. The molecule has 2 aromatic heterocycles. The summed E-state index contributed by atoms with van der Waals surface area (Å²) in [6.07, 6.45) is -4.75. The highest BCUT2D eigenvalue weighted by Crippen LogP contribution is 2.34. The molecule has 0 aliphatic carbocycles. The van der Waals surface area contributed by atoms with Gasteiger partial charge in [0.2, 0.25) is 0 Å². The van der Waals surface area contributed by atoms with Crippen LogP contribution in [0.25, 0.3) is 16.9 Å². The van der Waals surface area contributed by atoms with Crippen LogP contribution in [0.15, 0.2) is 36.4 Å². The third-order valence-corrected chi connectivity index (χ3v) is 3.44. The molecule has 0 spiro atoms. The largest absolute Gasteiger partial charge is 0.476 e. The van der Waals surface area contributed by atoms with Crippen LogP contribution in [0, 0.1) is 0 Å². The van der Waals surface area contributed by atoms with Gasteiger partial charge in [0.25, 0.3) is 0 Å². The topological polar surface area (TPSA) is 67.5 Å². The van der Waals surface area contributed by atoms with Crippen LogP contribution < -0.4 is 0 Å². The Kier molecular flexibility index (Phi) is 3.48. The van der Waals surface area contributed by atoms with Gasteiger partial charge in [-0.2, -0.15) is 18.3 Å². The first kappa shape index (κ1) is 15.3. The van der Waals surface area contributed by atoms with Crippen molar-refractivity contribution in [2.24, 2.45) is 0 Å². The Morgan fingerprint density at radius 3 is 2.43 bits per heavy atom. The molecule has 1 N–H and O–H groups in total. The summed E-state index contributed by atoms with van der Waals surface area (Å²) in [5, 5.41) is 11.9. The predicted molar refractivity (Wildman–Crippen MR) is 75.4 cm³/mol. The van der Waals surface area contributed by atoms with Crippen molar-refractivity contribution in [2.75, 3.05) is 0 Å². The fourth-order valence-corrected chi connectivity index (χ4v) is 2.33. The van der Waals surface area contributed by atoms with Gasteiger partial charge >= 0.3 is 12.1 Å². The van der Waals surface area contributed by atoms with Gasteiger partial charge in [-0.3, -0.25) is 0 Å². The SMILES string of the molecule is O=C(O)c1nn2c(C(F)(F)F)cc(-c3ccccc3)nc2c1Cl. The van der Waals surface area contributed by atoms with Gasteiger partial charge in [0.15, 0.2) is 17.0 Å². The van der Waals surface area contributed by atoms with Crippen molar-refractivity contribution in [2.45, 2.75) is 6.18 Å². The minimum atomic E-state index is -4.75. The Hall–Kier alpha value is -2.61. The van der Waals surface area contributed by atoms with Gasteiger partial charge in [-0.1, -0.05) is 41.9 Å². The normalized spacial score (nSPS) is 11.8. The monoisotopic (exact) mass is 341 g/mol. The molecule has 5 nitrogen and oxygen atoms in total. The first-order valence-electron chi connectivity index (χ1n) is 6.24. The zero-order chi connectivity index (χ0) is 16.8. The van der Waals surface area contributed by atoms with E-state index in [2.05, 4.69) is 10.1 Å². The van der Waals surface area contributed by atoms with Crippen LogP contribution in [-0.2, 0) is 6.18 Å². The van der Waals surface area contributed by atoms with Crippen molar-refractivity contribution in [3.8, 4) is 11.3 Å². The van der Waals surface area contributed by atoms with Crippen molar-refractivity contribution in [1.82, 2.24) is 14.6 Å². The van der Waals surface area contributed by atoms with E-state index in [0.29, 0.717) is 10.1 Å². The number of carboxylic acid groups (broad SMARTS) is 1. The van der Waals surface area contributed by atoms with Crippen molar-refractivity contribution >= 4 is 23.2 Å². The number of aromatic nitrogens is 3. The second-order valence-corrected chi connectivity index (χ2v) is 4.97. The first-order valence-corrected chi connectivity index (χ1v) is 6.62. The lowest BCUT2D eigenvalue weighted by Crippen LogP contribution is -2.14. The Morgan fingerprint density at radius 2 is 1.87 bits per heavy atom. The number of rotatable bonds is 2. The van der Waals surface area contributed by atoms with E-state index in [1.807, 2.05) is 0 Å². The third kappa shape index (κ3) is 2.61. The lowest BCUT2D eigenvalue weighted by atomic mass is 10.1. The number of carboxylic acids is 1. The maximum Gasteiger partial charge on any atom is 0.433 e. The number of fused-ring (bicyclic) bond motifs is 1. The van der Waals surface area contributed by atoms with Gasteiger partial charge in [-0.25, -0.2) is 14.3 Å². The highest BCUT2D eigenvalue weighted by Gasteiger charge is 2.36. The van der Waals surface area contributed by atoms with Gasteiger partial charge in [-0.15, -0.1) is 0 Å². The van der Waals surface area contributed by atoms with Crippen LogP contribution in [0.2, 0.25) is 5.02 Å². The minimum absolute atomic E-state index is 0.0177. The van der Waals surface area contributed by atoms with Gasteiger partial charge < -0.3 is 5.11 Å². The van der Waals surface area contributed by atoms with E-state index in [9.17, 15) is 18.0 Å². The molecule has 9 heteroatoms. The van der Waals surface area contributed by atoms with E-state index < -0.39 is 28.6 Å². The Bertz CT molecular complexity index is 907. The third-order valence-electron chi connectivity index (χ3n) is 3.10. The van der Waals surface area contributed by atoms with E-state index in [4.69, 9.17) is 16.7 Å². The van der Waals surface area contributed by atoms with E-state index in [-0.39, 0.29) is 11.3 Å². The number of benzene rings is 1. The Morgan fingerprint density at radius 1 is 1.22 bits per heavy atom. The molecule has 23 heavy (non-hydrogen) atoms. The van der Waals surface area contributed by atoms with Gasteiger partial charge in [0.1, 0.15) is 5.02 Å². The van der Waals surface area contributed by atoms with Crippen molar-refractivity contribution < 1.29 is 23.1 Å². The fourth-order valence-electron chi connectivity index (χ4n) is 2.09. The molecule has 2 heterocycles. The molecule has 0 fully saturated rings. The van der Waals surface area contributed by atoms with Crippen molar-refractivity contribution in [1.29, 1.82) is 0 Å². The smallest absolute Gasteiger partial charge is 0.433 e. The number of hydrogen-bond donors (Lipinski definition) is 1. The zero-order valence-corrected chi connectivity index (χ0v) is 11.9. The summed E-state index contributed by atoms with van der Waals surface area (Å²) in [5.74, 6) is -1.53. The molecule has 0 atom stereocenters. The molecule has 3 rings (SSSR count). The molecule has 0 aliphatic rings. The number of carbonyl (C=O) groups is 1. The van der Waals surface area contributed by atoms with E-state index in [1.165, 1.54) is 0 Å². The average Bonchev–Trinajstić information content (AvgIpc) is 2.84. The van der Waals surface area contributed by atoms with Gasteiger partial charge in [0, 0.05) is 5.56 Å². The van der Waals surface area contributed by atoms with Crippen LogP contribution >= 0.6 is 11.6 Å². The van der Waals surface area contributed by atoms with Crippen LogP contribution in [-0.4, -0.2) is 25.7 Å². The molecule has 118 valence electrons. The molecule has 0 radical (unpaired) electrons. The second-order valence-electron chi connectivity index (χ2n) is 4.59. The molecule has 1 aromatic carbocycles. The zero-order valence-electron chi connectivity index (χ0n) is 11.2. The summed E-state index contributed by atoms with van der Waals surface area (Å²) in [7, 11) is 0. The fraction of sp³-hybridized carbons (Fsp3) is 0.0714. The quantitative estimate of drug-likeness (QED) is 0.770.